The third kappa shape index (κ3) is 3.20. The van der Waals surface area contributed by atoms with Crippen LogP contribution in [0, 0.1) is 6.92 Å². The van der Waals surface area contributed by atoms with Crippen LogP contribution in [-0.2, 0) is 6.18 Å². The lowest BCUT2D eigenvalue weighted by Gasteiger charge is -2.12. The van der Waals surface area contributed by atoms with Gasteiger partial charge in [0.15, 0.2) is 0 Å². The van der Waals surface area contributed by atoms with Gasteiger partial charge in [0, 0.05) is 10.9 Å². The number of ether oxygens (including phenoxy) is 1. The van der Waals surface area contributed by atoms with Gasteiger partial charge in [-0.1, -0.05) is 0 Å². The third-order valence-corrected chi connectivity index (χ3v) is 4.06. The van der Waals surface area contributed by atoms with E-state index in [1.54, 1.807) is 18.2 Å². The first-order valence-electron chi connectivity index (χ1n) is 7.61. The Balaban J connectivity index is 2.23. The highest BCUT2D eigenvalue weighted by Crippen LogP contribution is 2.34. The van der Waals surface area contributed by atoms with E-state index < -0.39 is 17.7 Å². The van der Waals surface area contributed by atoms with Crippen LogP contribution in [0.2, 0.25) is 0 Å². The predicted molar refractivity (Wildman–Crippen MR) is 90.4 cm³/mol. The molecule has 0 amide bonds. The molecule has 0 saturated heterocycles. The number of hydrogen-bond donors (Lipinski definition) is 1. The minimum absolute atomic E-state index is 0.0543. The third-order valence-electron chi connectivity index (χ3n) is 4.06. The van der Waals surface area contributed by atoms with E-state index in [1.165, 1.54) is 19.2 Å². The van der Waals surface area contributed by atoms with E-state index in [4.69, 9.17) is 4.74 Å². The number of aromatic nitrogens is 1. The SMILES string of the molecule is COc1ccc(-c2cc(C(=O)O)c3cc(C(F)(F)F)ccc3n2)cc1C. The number of benzene rings is 2. The van der Waals surface area contributed by atoms with Crippen LogP contribution in [0.5, 0.6) is 5.75 Å². The summed E-state index contributed by atoms with van der Waals surface area (Å²) in [4.78, 5) is 15.9. The average Bonchev–Trinajstić information content (AvgIpc) is 2.59. The van der Waals surface area contributed by atoms with E-state index in [9.17, 15) is 23.1 Å². The fourth-order valence-corrected chi connectivity index (χ4v) is 2.76. The predicted octanol–water partition coefficient (Wildman–Crippen LogP) is 4.94. The van der Waals surface area contributed by atoms with Gasteiger partial charge >= 0.3 is 12.1 Å². The van der Waals surface area contributed by atoms with E-state index in [0.29, 0.717) is 17.0 Å². The second kappa shape index (κ2) is 6.33. The minimum Gasteiger partial charge on any atom is -0.496 e. The highest BCUT2D eigenvalue weighted by molar-refractivity contribution is 6.04. The van der Waals surface area contributed by atoms with Crippen LogP contribution in [0.15, 0.2) is 42.5 Å². The molecule has 1 heterocycles. The number of aromatic carboxylic acids is 1. The monoisotopic (exact) mass is 361 g/mol. The minimum atomic E-state index is -4.56. The number of halogens is 3. The Morgan fingerprint density at radius 2 is 1.85 bits per heavy atom. The number of fused-ring (bicyclic) bond motifs is 1. The van der Waals surface area contributed by atoms with Crippen LogP contribution in [0.25, 0.3) is 22.2 Å². The maximum atomic E-state index is 12.9. The lowest BCUT2D eigenvalue weighted by atomic mass is 10.0. The smallest absolute Gasteiger partial charge is 0.416 e. The zero-order valence-electron chi connectivity index (χ0n) is 13.9. The van der Waals surface area contributed by atoms with Gasteiger partial charge in [0.25, 0.3) is 0 Å². The number of rotatable bonds is 3. The van der Waals surface area contributed by atoms with Gasteiger partial charge in [-0.15, -0.1) is 0 Å². The zero-order valence-corrected chi connectivity index (χ0v) is 13.9. The standard InChI is InChI=1S/C19H14F3NO3/c1-10-7-11(3-6-17(10)26-2)16-9-14(18(24)25)13-8-12(19(20,21)22)4-5-15(13)23-16/h3-9H,1-2H3,(H,24,25). The molecule has 0 saturated carbocycles. The van der Waals surface area contributed by atoms with Crippen LogP contribution >= 0.6 is 0 Å². The molecule has 134 valence electrons. The molecule has 26 heavy (non-hydrogen) atoms. The number of carbonyl (C=O) groups is 1. The van der Waals surface area contributed by atoms with Gasteiger partial charge in [-0.25, -0.2) is 9.78 Å². The fraction of sp³-hybridized carbons (Fsp3) is 0.158. The molecule has 0 atom stereocenters. The number of carboxylic acid groups (broad SMARTS) is 1. The maximum Gasteiger partial charge on any atom is 0.416 e. The van der Waals surface area contributed by atoms with Crippen LogP contribution in [-0.4, -0.2) is 23.2 Å². The number of methoxy groups -OCH3 is 1. The summed E-state index contributed by atoms with van der Waals surface area (Å²) in [5, 5.41) is 9.40. The molecule has 0 aliphatic heterocycles. The number of pyridine rings is 1. The maximum absolute atomic E-state index is 12.9. The fourth-order valence-electron chi connectivity index (χ4n) is 2.76. The van der Waals surface area contributed by atoms with Gasteiger partial charge in [0.1, 0.15) is 5.75 Å². The molecule has 0 spiro atoms. The molecule has 0 aliphatic carbocycles. The number of carboxylic acids is 1. The number of alkyl halides is 3. The Kier molecular flexibility index (Phi) is 4.31. The first-order valence-corrected chi connectivity index (χ1v) is 7.61. The molecule has 7 heteroatoms. The summed E-state index contributed by atoms with van der Waals surface area (Å²) >= 11 is 0. The largest absolute Gasteiger partial charge is 0.496 e. The second-order valence-corrected chi connectivity index (χ2v) is 5.77. The Morgan fingerprint density at radius 3 is 2.42 bits per heavy atom. The van der Waals surface area contributed by atoms with Crippen molar-refractivity contribution in [2.45, 2.75) is 13.1 Å². The number of aryl methyl sites for hydroxylation is 1. The van der Waals surface area contributed by atoms with Crippen molar-refractivity contribution in [2.24, 2.45) is 0 Å². The van der Waals surface area contributed by atoms with E-state index >= 15 is 0 Å². The highest BCUT2D eigenvalue weighted by atomic mass is 19.4. The zero-order chi connectivity index (χ0) is 19.1. The van der Waals surface area contributed by atoms with Crippen molar-refractivity contribution in [1.82, 2.24) is 4.98 Å². The molecule has 1 N–H and O–H groups in total. The molecular weight excluding hydrogens is 347 g/mol. The van der Waals surface area contributed by atoms with Gasteiger partial charge in [-0.2, -0.15) is 13.2 Å². The summed E-state index contributed by atoms with van der Waals surface area (Å²) in [5.74, 6) is -0.647. The first kappa shape index (κ1) is 17.7. The normalized spacial score (nSPS) is 11.6. The van der Waals surface area contributed by atoms with Crippen LogP contribution < -0.4 is 4.74 Å². The van der Waals surface area contributed by atoms with E-state index in [2.05, 4.69) is 4.98 Å². The summed E-state index contributed by atoms with van der Waals surface area (Å²) in [6.45, 7) is 1.83. The van der Waals surface area contributed by atoms with Crippen molar-refractivity contribution in [3.63, 3.8) is 0 Å². The van der Waals surface area contributed by atoms with Gasteiger partial charge < -0.3 is 9.84 Å². The summed E-state index contributed by atoms with van der Waals surface area (Å²) in [6, 6.07) is 9.40. The molecule has 4 nitrogen and oxygen atoms in total. The summed E-state index contributed by atoms with van der Waals surface area (Å²) in [6.07, 6.45) is -4.56. The molecule has 0 fully saturated rings. The van der Waals surface area contributed by atoms with Crippen molar-refractivity contribution in [3.05, 3.63) is 59.2 Å². The lowest BCUT2D eigenvalue weighted by molar-refractivity contribution is -0.137. The van der Waals surface area contributed by atoms with Crippen LogP contribution in [0.1, 0.15) is 21.5 Å². The molecule has 2 aromatic carbocycles. The molecule has 0 aliphatic rings. The molecule has 0 radical (unpaired) electrons. The van der Waals surface area contributed by atoms with Gasteiger partial charge in [-0.05, 0) is 55.0 Å². The lowest BCUT2D eigenvalue weighted by Crippen LogP contribution is -2.06. The van der Waals surface area contributed by atoms with E-state index in [0.717, 1.165) is 17.7 Å². The highest BCUT2D eigenvalue weighted by Gasteiger charge is 2.31. The van der Waals surface area contributed by atoms with Crippen molar-refractivity contribution < 1.29 is 27.8 Å². The topological polar surface area (TPSA) is 59.4 Å². The Bertz CT molecular complexity index is 1010. The molecule has 0 bridgehead atoms. The Labute approximate surface area is 146 Å². The summed E-state index contributed by atoms with van der Waals surface area (Å²) in [7, 11) is 1.54. The second-order valence-electron chi connectivity index (χ2n) is 5.77. The first-order chi connectivity index (χ1) is 12.2. The number of hydrogen-bond acceptors (Lipinski definition) is 3. The van der Waals surface area contributed by atoms with Crippen molar-refractivity contribution in [1.29, 1.82) is 0 Å². The molecule has 3 rings (SSSR count). The van der Waals surface area contributed by atoms with Gasteiger partial charge in [-0.3, -0.25) is 0 Å². The quantitative estimate of drug-likeness (QED) is 0.718. The Hall–Kier alpha value is -3.09. The molecular formula is C19H14F3NO3. The Morgan fingerprint density at radius 1 is 1.12 bits per heavy atom. The average molecular weight is 361 g/mol. The molecule has 0 unspecified atom stereocenters. The van der Waals surface area contributed by atoms with Crippen LogP contribution in [0.3, 0.4) is 0 Å². The summed E-state index contributed by atoms with van der Waals surface area (Å²) < 4.78 is 44.0. The van der Waals surface area contributed by atoms with Crippen molar-refractivity contribution >= 4 is 16.9 Å². The van der Waals surface area contributed by atoms with Crippen molar-refractivity contribution in [2.75, 3.05) is 7.11 Å². The van der Waals surface area contributed by atoms with Gasteiger partial charge in [0.05, 0.1) is 29.4 Å². The number of nitrogens with zero attached hydrogens (tertiary/aromatic N) is 1. The van der Waals surface area contributed by atoms with Gasteiger partial charge in [0.2, 0.25) is 0 Å². The van der Waals surface area contributed by atoms with Crippen molar-refractivity contribution in [3.8, 4) is 17.0 Å². The molecule has 1 aromatic heterocycles. The van der Waals surface area contributed by atoms with E-state index in [-0.39, 0.29) is 16.5 Å². The summed E-state index contributed by atoms with van der Waals surface area (Å²) in [5.41, 5.74) is 0.873. The van der Waals surface area contributed by atoms with E-state index in [1.807, 2.05) is 6.92 Å². The molecule has 3 aromatic rings. The van der Waals surface area contributed by atoms with Crippen LogP contribution in [0.4, 0.5) is 13.2 Å².